The molecular weight excluding hydrogens is 359 g/mol. The number of nitrogens with zero attached hydrogens (tertiary/aromatic N) is 2. The molecule has 2 heterocycles. The molecule has 0 saturated carbocycles. The number of carbonyl (C=O) groups excluding carboxylic acids is 2. The van der Waals surface area contributed by atoms with Crippen molar-refractivity contribution in [1.29, 1.82) is 0 Å². The van der Waals surface area contributed by atoms with Crippen LogP contribution in [0.3, 0.4) is 0 Å². The minimum absolute atomic E-state index is 0.221. The van der Waals surface area contributed by atoms with Crippen molar-refractivity contribution in [2.75, 3.05) is 12.4 Å². The predicted molar refractivity (Wildman–Crippen MR) is 85.9 cm³/mol. The SMILES string of the molecule is CCc1c(C)sc(NC(=O)c2cc(C(F)(F)F)nn2C)c1C(=O)OC. The number of amides is 1. The van der Waals surface area contributed by atoms with E-state index in [1.165, 1.54) is 25.5 Å². The van der Waals surface area contributed by atoms with Crippen molar-refractivity contribution >= 4 is 28.2 Å². The summed E-state index contributed by atoms with van der Waals surface area (Å²) in [5.41, 5.74) is -0.482. The van der Waals surface area contributed by atoms with Gasteiger partial charge in [0, 0.05) is 18.0 Å². The fourth-order valence-electron chi connectivity index (χ4n) is 2.40. The molecule has 1 amide bonds. The predicted octanol–water partition coefficient (Wildman–Crippen LogP) is 3.41. The van der Waals surface area contributed by atoms with Crippen molar-refractivity contribution < 1.29 is 27.5 Å². The molecule has 6 nitrogen and oxygen atoms in total. The topological polar surface area (TPSA) is 73.2 Å². The zero-order valence-corrected chi connectivity index (χ0v) is 14.8. The average molecular weight is 375 g/mol. The molecule has 0 bridgehead atoms. The summed E-state index contributed by atoms with van der Waals surface area (Å²) >= 11 is 1.17. The molecule has 10 heteroatoms. The molecule has 0 aromatic carbocycles. The van der Waals surface area contributed by atoms with Gasteiger partial charge in [-0.2, -0.15) is 18.3 Å². The summed E-state index contributed by atoms with van der Waals surface area (Å²) in [4.78, 5) is 25.2. The Hall–Kier alpha value is -2.36. The van der Waals surface area contributed by atoms with Crippen molar-refractivity contribution in [3.8, 4) is 0 Å². The molecule has 0 unspecified atom stereocenters. The third-order valence-corrected chi connectivity index (χ3v) is 4.64. The standard InChI is InChI=1S/C15H16F3N3O3S/c1-5-8-7(2)25-13(11(8)14(23)24-4)19-12(22)9-6-10(15(16,17)18)20-21(9)3/h6H,5H2,1-4H3,(H,19,22). The average Bonchev–Trinajstić information content (AvgIpc) is 3.06. The Morgan fingerprint density at radius 3 is 2.52 bits per heavy atom. The number of esters is 1. The maximum absolute atomic E-state index is 12.7. The molecule has 0 aliphatic rings. The molecule has 0 spiro atoms. The lowest BCUT2D eigenvalue weighted by atomic mass is 10.1. The minimum atomic E-state index is -4.65. The number of aryl methyl sites for hydroxylation is 2. The van der Waals surface area contributed by atoms with E-state index in [0.717, 1.165) is 15.1 Å². The van der Waals surface area contributed by atoms with Crippen LogP contribution in [0.15, 0.2) is 6.07 Å². The van der Waals surface area contributed by atoms with E-state index in [1.54, 1.807) is 6.92 Å². The highest BCUT2D eigenvalue weighted by molar-refractivity contribution is 7.16. The van der Waals surface area contributed by atoms with E-state index >= 15 is 0 Å². The molecule has 0 fully saturated rings. The van der Waals surface area contributed by atoms with Gasteiger partial charge < -0.3 is 10.1 Å². The number of anilines is 1. The first-order chi connectivity index (χ1) is 11.6. The van der Waals surface area contributed by atoms with E-state index in [-0.39, 0.29) is 16.3 Å². The third-order valence-electron chi connectivity index (χ3n) is 3.58. The van der Waals surface area contributed by atoms with Crippen molar-refractivity contribution in [1.82, 2.24) is 9.78 Å². The summed E-state index contributed by atoms with van der Waals surface area (Å²) in [6.07, 6.45) is -4.10. The molecule has 0 radical (unpaired) electrons. The molecule has 2 rings (SSSR count). The van der Waals surface area contributed by atoms with Crippen LogP contribution in [0.2, 0.25) is 0 Å². The summed E-state index contributed by atoms with van der Waals surface area (Å²) in [6.45, 7) is 3.64. The molecule has 0 atom stereocenters. The molecule has 0 aliphatic heterocycles. The lowest BCUT2D eigenvalue weighted by Crippen LogP contribution is -2.17. The van der Waals surface area contributed by atoms with Crippen LogP contribution in [0.25, 0.3) is 0 Å². The number of ether oxygens (including phenoxy) is 1. The van der Waals surface area contributed by atoms with Gasteiger partial charge in [0.1, 0.15) is 10.7 Å². The number of carbonyl (C=O) groups is 2. The zero-order chi connectivity index (χ0) is 18.9. The van der Waals surface area contributed by atoms with Crippen molar-refractivity contribution in [2.24, 2.45) is 7.05 Å². The van der Waals surface area contributed by atoms with Gasteiger partial charge in [0.05, 0.1) is 12.7 Å². The van der Waals surface area contributed by atoms with Gasteiger partial charge in [-0.1, -0.05) is 6.92 Å². The second-order valence-corrected chi connectivity index (χ2v) is 6.40. The Kier molecular flexibility index (Phi) is 5.21. The summed E-state index contributed by atoms with van der Waals surface area (Å²) in [5, 5.41) is 6.03. The third kappa shape index (κ3) is 3.68. The number of aromatic nitrogens is 2. The van der Waals surface area contributed by atoms with Crippen LogP contribution in [0.4, 0.5) is 18.2 Å². The molecular formula is C15H16F3N3O3S. The van der Waals surface area contributed by atoms with Crippen LogP contribution in [0, 0.1) is 6.92 Å². The van der Waals surface area contributed by atoms with Crippen LogP contribution >= 0.6 is 11.3 Å². The monoisotopic (exact) mass is 375 g/mol. The zero-order valence-electron chi connectivity index (χ0n) is 13.9. The molecule has 25 heavy (non-hydrogen) atoms. The summed E-state index contributed by atoms with van der Waals surface area (Å²) in [6, 6.07) is 0.661. The Balaban J connectivity index is 2.39. The molecule has 1 N–H and O–H groups in total. The quantitative estimate of drug-likeness (QED) is 0.832. The molecule has 2 aromatic heterocycles. The van der Waals surface area contributed by atoms with Gasteiger partial charge >= 0.3 is 12.1 Å². The van der Waals surface area contributed by atoms with Gasteiger partial charge in [-0.05, 0) is 18.9 Å². The van der Waals surface area contributed by atoms with Crippen LogP contribution in [0.5, 0.6) is 0 Å². The maximum atomic E-state index is 12.7. The Morgan fingerprint density at radius 2 is 2.04 bits per heavy atom. The number of halogens is 3. The second kappa shape index (κ2) is 6.87. The second-order valence-electron chi connectivity index (χ2n) is 5.18. The number of hydrogen-bond acceptors (Lipinski definition) is 5. The van der Waals surface area contributed by atoms with E-state index in [1.807, 2.05) is 6.92 Å². The fourth-order valence-corrected chi connectivity index (χ4v) is 3.52. The Morgan fingerprint density at radius 1 is 1.40 bits per heavy atom. The van der Waals surface area contributed by atoms with E-state index in [0.29, 0.717) is 12.5 Å². The van der Waals surface area contributed by atoms with Gasteiger partial charge in [0.15, 0.2) is 5.69 Å². The molecule has 2 aromatic rings. The number of hydrogen-bond donors (Lipinski definition) is 1. The van der Waals surface area contributed by atoms with Crippen LogP contribution < -0.4 is 5.32 Å². The van der Waals surface area contributed by atoms with Crippen molar-refractivity contribution in [3.63, 3.8) is 0 Å². The number of rotatable bonds is 4. The Labute approximate surface area is 145 Å². The van der Waals surface area contributed by atoms with Crippen molar-refractivity contribution in [3.05, 3.63) is 33.5 Å². The normalized spacial score (nSPS) is 11.5. The van der Waals surface area contributed by atoms with E-state index in [9.17, 15) is 22.8 Å². The first kappa shape index (κ1) is 19.0. The molecule has 0 saturated heterocycles. The molecule has 0 aliphatic carbocycles. The van der Waals surface area contributed by atoms with Gasteiger partial charge in [-0.3, -0.25) is 9.48 Å². The lowest BCUT2D eigenvalue weighted by molar-refractivity contribution is -0.141. The fraction of sp³-hybridized carbons (Fsp3) is 0.400. The highest BCUT2D eigenvalue weighted by atomic mass is 32.1. The summed E-state index contributed by atoms with van der Waals surface area (Å²) < 4.78 is 43.8. The van der Waals surface area contributed by atoms with E-state index in [4.69, 9.17) is 4.74 Å². The van der Waals surface area contributed by atoms with E-state index < -0.39 is 23.7 Å². The van der Waals surface area contributed by atoms with E-state index in [2.05, 4.69) is 10.4 Å². The number of methoxy groups -OCH3 is 1. The number of thiophene rings is 1. The summed E-state index contributed by atoms with van der Waals surface area (Å²) in [7, 11) is 2.46. The summed E-state index contributed by atoms with van der Waals surface area (Å²) in [5.74, 6) is -1.41. The van der Waals surface area contributed by atoms with Crippen LogP contribution in [-0.2, 0) is 24.4 Å². The van der Waals surface area contributed by atoms with Gasteiger partial charge in [-0.25, -0.2) is 4.79 Å². The lowest BCUT2D eigenvalue weighted by Gasteiger charge is -2.07. The van der Waals surface area contributed by atoms with Crippen molar-refractivity contribution in [2.45, 2.75) is 26.4 Å². The van der Waals surface area contributed by atoms with Crippen LogP contribution in [-0.4, -0.2) is 28.8 Å². The largest absolute Gasteiger partial charge is 0.465 e. The van der Waals surface area contributed by atoms with Gasteiger partial charge in [0.2, 0.25) is 0 Å². The first-order valence-electron chi connectivity index (χ1n) is 7.23. The Bertz CT molecular complexity index is 824. The van der Waals surface area contributed by atoms with Gasteiger partial charge in [0.25, 0.3) is 5.91 Å². The highest BCUT2D eigenvalue weighted by Crippen LogP contribution is 2.34. The number of nitrogens with one attached hydrogen (secondary N) is 1. The smallest absolute Gasteiger partial charge is 0.435 e. The molecule has 136 valence electrons. The maximum Gasteiger partial charge on any atom is 0.435 e. The van der Waals surface area contributed by atoms with Gasteiger partial charge in [-0.15, -0.1) is 11.3 Å². The minimum Gasteiger partial charge on any atom is -0.465 e. The van der Waals surface area contributed by atoms with Crippen LogP contribution in [0.1, 0.15) is 43.9 Å². The first-order valence-corrected chi connectivity index (χ1v) is 8.04. The highest BCUT2D eigenvalue weighted by Gasteiger charge is 2.35. The number of alkyl halides is 3.